The molecule has 0 aliphatic heterocycles. The van der Waals surface area contributed by atoms with Gasteiger partial charge in [-0.2, -0.15) is 0 Å². The fourth-order valence-electron chi connectivity index (χ4n) is 0.652. The van der Waals surface area contributed by atoms with Crippen LogP contribution < -0.4 is 0 Å². The van der Waals surface area contributed by atoms with E-state index in [0.29, 0.717) is 4.47 Å². The molecular formula is C6H2BrI2NO2. The summed E-state index contributed by atoms with van der Waals surface area (Å²) in [4.78, 5) is 10.1. The summed E-state index contributed by atoms with van der Waals surface area (Å²) < 4.78 is 2.42. The van der Waals surface area contributed by atoms with Crippen LogP contribution in [0.5, 0.6) is 0 Å². The van der Waals surface area contributed by atoms with Gasteiger partial charge in [0.25, 0.3) is 5.69 Å². The average Bonchev–Trinajstić information content (AvgIpc) is 1.96. The highest BCUT2D eigenvalue weighted by molar-refractivity contribution is 14.1. The van der Waals surface area contributed by atoms with Gasteiger partial charge >= 0.3 is 0 Å². The van der Waals surface area contributed by atoms with E-state index in [1.165, 1.54) is 0 Å². The zero-order chi connectivity index (χ0) is 9.30. The van der Waals surface area contributed by atoms with Gasteiger partial charge in [-0.05, 0) is 67.2 Å². The zero-order valence-corrected chi connectivity index (χ0v) is 11.5. The fraction of sp³-hybridized carbons (Fsp3) is 0. The van der Waals surface area contributed by atoms with Gasteiger partial charge in [0, 0.05) is 13.2 Å². The first kappa shape index (κ1) is 10.6. The summed E-state index contributed by atoms with van der Waals surface area (Å²) in [7, 11) is 0. The summed E-state index contributed by atoms with van der Waals surface area (Å²) >= 11 is 7.33. The van der Waals surface area contributed by atoms with Crippen LogP contribution in [0.2, 0.25) is 0 Å². The van der Waals surface area contributed by atoms with E-state index in [0.717, 1.165) is 7.14 Å². The van der Waals surface area contributed by atoms with E-state index in [9.17, 15) is 10.1 Å². The molecule has 1 aromatic rings. The SMILES string of the molecule is O=[N+]([O-])c1cc(I)c(I)cc1Br. The van der Waals surface area contributed by atoms with Crippen molar-refractivity contribution >= 4 is 66.8 Å². The summed E-state index contributed by atoms with van der Waals surface area (Å²) in [6.45, 7) is 0. The van der Waals surface area contributed by atoms with Gasteiger partial charge in [0.1, 0.15) is 0 Å². The second-order valence-corrected chi connectivity index (χ2v) is 5.15. The van der Waals surface area contributed by atoms with Crippen molar-refractivity contribution in [2.24, 2.45) is 0 Å². The van der Waals surface area contributed by atoms with Crippen molar-refractivity contribution in [2.45, 2.75) is 0 Å². The molecule has 0 saturated heterocycles. The molecule has 0 heterocycles. The first-order chi connectivity index (χ1) is 5.52. The molecule has 0 aliphatic carbocycles. The monoisotopic (exact) mass is 453 g/mol. The van der Waals surface area contributed by atoms with Crippen molar-refractivity contribution < 1.29 is 4.92 Å². The number of rotatable bonds is 1. The second-order valence-electron chi connectivity index (χ2n) is 1.97. The lowest BCUT2D eigenvalue weighted by atomic mass is 10.3. The van der Waals surface area contributed by atoms with E-state index >= 15 is 0 Å². The Bertz CT molecular complexity index is 343. The second kappa shape index (κ2) is 4.18. The van der Waals surface area contributed by atoms with Gasteiger partial charge in [0.05, 0.1) is 9.40 Å². The maximum Gasteiger partial charge on any atom is 0.284 e. The van der Waals surface area contributed by atoms with Crippen LogP contribution in [-0.2, 0) is 0 Å². The Balaban J connectivity index is 3.33. The van der Waals surface area contributed by atoms with E-state index in [-0.39, 0.29) is 5.69 Å². The Morgan fingerprint density at radius 3 is 2.33 bits per heavy atom. The van der Waals surface area contributed by atoms with Crippen LogP contribution in [0.4, 0.5) is 5.69 Å². The Labute approximate surface area is 104 Å². The Morgan fingerprint density at radius 1 is 1.33 bits per heavy atom. The van der Waals surface area contributed by atoms with Crippen molar-refractivity contribution in [3.63, 3.8) is 0 Å². The van der Waals surface area contributed by atoms with Gasteiger partial charge in [0.15, 0.2) is 0 Å². The molecular weight excluding hydrogens is 452 g/mol. The highest BCUT2D eigenvalue weighted by Crippen LogP contribution is 2.29. The van der Waals surface area contributed by atoms with Crippen molar-refractivity contribution in [2.75, 3.05) is 0 Å². The number of nitro benzene ring substituents is 1. The molecule has 0 N–H and O–H groups in total. The molecule has 0 saturated carbocycles. The molecule has 0 bridgehead atoms. The van der Waals surface area contributed by atoms with Gasteiger partial charge in [-0.25, -0.2) is 0 Å². The van der Waals surface area contributed by atoms with Crippen LogP contribution in [-0.4, -0.2) is 4.92 Å². The number of halogens is 3. The lowest BCUT2D eigenvalue weighted by Gasteiger charge is -1.98. The molecule has 3 nitrogen and oxygen atoms in total. The Kier molecular flexibility index (Phi) is 3.71. The molecule has 0 amide bonds. The van der Waals surface area contributed by atoms with Gasteiger partial charge in [0.2, 0.25) is 0 Å². The number of nitro groups is 1. The number of benzene rings is 1. The van der Waals surface area contributed by atoms with E-state index in [1.54, 1.807) is 12.1 Å². The minimum absolute atomic E-state index is 0.111. The third-order valence-electron chi connectivity index (χ3n) is 1.19. The molecule has 0 aromatic heterocycles. The minimum Gasteiger partial charge on any atom is -0.258 e. The highest BCUT2D eigenvalue weighted by Gasteiger charge is 2.13. The van der Waals surface area contributed by atoms with E-state index < -0.39 is 4.92 Å². The number of hydrogen-bond donors (Lipinski definition) is 0. The van der Waals surface area contributed by atoms with Crippen LogP contribution >= 0.6 is 61.1 Å². The van der Waals surface area contributed by atoms with Gasteiger partial charge < -0.3 is 0 Å². The van der Waals surface area contributed by atoms with Crippen molar-refractivity contribution in [3.8, 4) is 0 Å². The molecule has 0 aliphatic rings. The zero-order valence-electron chi connectivity index (χ0n) is 5.55. The molecule has 0 radical (unpaired) electrons. The van der Waals surface area contributed by atoms with Gasteiger partial charge in [-0.3, -0.25) is 10.1 Å². The molecule has 0 fully saturated rings. The molecule has 0 unspecified atom stereocenters. The maximum absolute atomic E-state index is 10.5. The van der Waals surface area contributed by atoms with Crippen LogP contribution in [0.3, 0.4) is 0 Å². The Morgan fingerprint density at radius 2 is 1.83 bits per heavy atom. The average molecular weight is 454 g/mol. The lowest BCUT2D eigenvalue weighted by molar-refractivity contribution is -0.385. The molecule has 6 heteroatoms. The van der Waals surface area contributed by atoms with Crippen LogP contribution in [0.1, 0.15) is 0 Å². The first-order valence-electron chi connectivity index (χ1n) is 2.81. The van der Waals surface area contributed by atoms with Crippen molar-refractivity contribution in [3.05, 3.63) is 33.9 Å². The molecule has 1 aromatic carbocycles. The number of nitrogens with zero attached hydrogens (tertiary/aromatic N) is 1. The summed E-state index contributed by atoms with van der Waals surface area (Å²) in [6, 6.07) is 3.28. The predicted molar refractivity (Wildman–Crippen MR) is 66.2 cm³/mol. The smallest absolute Gasteiger partial charge is 0.258 e. The minimum atomic E-state index is -0.400. The normalized spacial score (nSPS) is 9.92. The first-order valence-corrected chi connectivity index (χ1v) is 5.76. The summed E-state index contributed by atoms with van der Waals surface area (Å²) in [5.41, 5.74) is 0.111. The highest BCUT2D eigenvalue weighted by atomic mass is 127. The lowest BCUT2D eigenvalue weighted by Crippen LogP contribution is -1.91. The maximum atomic E-state index is 10.5. The van der Waals surface area contributed by atoms with Crippen molar-refractivity contribution in [1.82, 2.24) is 0 Å². The summed E-state index contributed by atoms with van der Waals surface area (Å²) in [6.07, 6.45) is 0. The van der Waals surface area contributed by atoms with Gasteiger partial charge in [-0.15, -0.1) is 0 Å². The third-order valence-corrected chi connectivity index (χ3v) is 4.64. The molecule has 64 valence electrons. The molecule has 12 heavy (non-hydrogen) atoms. The van der Waals surface area contributed by atoms with Crippen LogP contribution in [0.15, 0.2) is 16.6 Å². The summed E-state index contributed by atoms with van der Waals surface area (Å²) in [5, 5.41) is 10.5. The predicted octanol–water partition coefficient (Wildman–Crippen LogP) is 3.57. The Hall–Kier alpha value is 0.560. The van der Waals surface area contributed by atoms with E-state index in [4.69, 9.17) is 0 Å². The van der Waals surface area contributed by atoms with Crippen LogP contribution in [0.25, 0.3) is 0 Å². The van der Waals surface area contributed by atoms with E-state index in [2.05, 4.69) is 61.1 Å². The fourth-order valence-corrected chi connectivity index (χ4v) is 2.49. The van der Waals surface area contributed by atoms with Crippen LogP contribution in [0, 0.1) is 17.3 Å². The topological polar surface area (TPSA) is 43.1 Å². The largest absolute Gasteiger partial charge is 0.284 e. The number of hydrogen-bond acceptors (Lipinski definition) is 2. The van der Waals surface area contributed by atoms with Crippen molar-refractivity contribution in [1.29, 1.82) is 0 Å². The molecule has 0 spiro atoms. The summed E-state index contributed by atoms with van der Waals surface area (Å²) in [5.74, 6) is 0. The van der Waals surface area contributed by atoms with E-state index in [1.807, 2.05) is 0 Å². The molecule has 1 rings (SSSR count). The quantitative estimate of drug-likeness (QED) is 0.282. The molecule has 0 atom stereocenters. The third kappa shape index (κ3) is 2.28. The van der Waals surface area contributed by atoms with Gasteiger partial charge in [-0.1, -0.05) is 0 Å². The standard InChI is InChI=1S/C6H2BrI2NO2/c7-3-1-4(8)5(9)2-6(3)10(11)12/h1-2H.